The quantitative estimate of drug-likeness (QED) is 0.0197. The average Bonchev–Trinajstić information content (AvgIpc) is 3.41. The number of carbonyl (C=O) groups excluding carboxylic acids is 3. The Kier molecular flexibility index (Phi) is 54.4. The normalized spacial score (nSPS) is 14.1. The molecule has 0 aromatic carbocycles. The first-order valence-electron chi connectivity index (χ1n) is 29.8. The van der Waals surface area contributed by atoms with E-state index < -0.39 is 57.8 Å². The summed E-state index contributed by atoms with van der Waals surface area (Å²) in [6.45, 7) is 4.35. The van der Waals surface area contributed by atoms with Crippen LogP contribution in [0.5, 0.6) is 0 Å². The molecule has 76 heavy (non-hydrogen) atoms. The maximum atomic E-state index is 12.9. The lowest BCUT2D eigenvalue weighted by atomic mass is 10.1. The van der Waals surface area contributed by atoms with Crippen LogP contribution in [0.2, 0.25) is 0 Å². The largest absolute Gasteiger partial charge is 0.472 e. The van der Waals surface area contributed by atoms with Crippen LogP contribution in [0.4, 0.5) is 0 Å². The Bertz CT molecular complexity index is 1690. The first-order chi connectivity index (χ1) is 37.2. The summed E-state index contributed by atoms with van der Waals surface area (Å²) in [7, 11) is -4.78. The molecule has 0 rings (SSSR count). The number of allylic oxidation sites excluding steroid dienone is 17. The SMILES string of the molecule is CC/C=C\C/C=C\C/C=C\C/C=C\C/C=C\CC(=O)OC(COC(=O)CCCCCCCCCCC/C=C\C/C=C\CCCCC)COP(=O)(O)OCC(CO)OC(=O)CCCCCCC/C=C\C/C=C\CCCCC. The standard InChI is InChI=1S/C64H107O11P/c1-4-7-10-13-16-19-22-25-28-29-30-31-34-35-38-41-44-47-50-53-62(66)71-57-61(75-64(68)55-52-49-46-43-40-37-33-27-24-21-18-15-12-9-6-3)59-73-76(69,70)72-58-60(56-65)74-63(67)54-51-48-45-42-39-36-32-26-23-20-17-14-11-8-5-2/h9,12,16-21,25-28,32-33,40,43,49,52,60-61,65H,4-8,10-11,13-15,22-24,29-31,34-39,41-42,44-48,50-51,53-59H2,1-3H3,(H,69,70)/b12-9-,19-16-,20-17-,21-18-,28-25-,32-26-,33-27-,43-40-,52-49-. The molecule has 0 aliphatic rings. The first kappa shape index (κ1) is 72.1. The lowest BCUT2D eigenvalue weighted by molar-refractivity contribution is -0.160. The Labute approximate surface area is 463 Å². The monoisotopic (exact) mass is 1080 g/mol. The first-order valence-corrected chi connectivity index (χ1v) is 31.3. The third-order valence-corrected chi connectivity index (χ3v) is 13.1. The predicted octanol–water partition coefficient (Wildman–Crippen LogP) is 17.8. The zero-order chi connectivity index (χ0) is 55.5. The summed E-state index contributed by atoms with van der Waals surface area (Å²) in [5, 5.41) is 9.82. The fourth-order valence-electron chi connectivity index (χ4n) is 7.67. The Hall–Kier alpha value is -3.86. The molecule has 3 atom stereocenters. The molecule has 0 aromatic heterocycles. The van der Waals surface area contributed by atoms with Crippen LogP contribution in [0.15, 0.2) is 109 Å². The molecule has 0 aliphatic carbocycles. The van der Waals surface area contributed by atoms with Gasteiger partial charge in [-0.25, -0.2) is 4.57 Å². The van der Waals surface area contributed by atoms with Crippen LogP contribution < -0.4 is 0 Å². The molecule has 0 saturated carbocycles. The van der Waals surface area contributed by atoms with Gasteiger partial charge in [-0.2, -0.15) is 0 Å². The molecule has 12 heteroatoms. The molecule has 0 aromatic rings. The van der Waals surface area contributed by atoms with E-state index in [1.807, 2.05) is 18.2 Å². The van der Waals surface area contributed by atoms with E-state index in [4.69, 9.17) is 23.3 Å². The second-order valence-corrected chi connectivity index (χ2v) is 20.9. The van der Waals surface area contributed by atoms with Gasteiger partial charge in [0, 0.05) is 12.8 Å². The Morgan fingerprint density at radius 1 is 0.395 bits per heavy atom. The molecule has 0 amide bonds. The van der Waals surface area contributed by atoms with Crippen molar-refractivity contribution in [2.75, 3.05) is 26.4 Å². The van der Waals surface area contributed by atoms with Crippen molar-refractivity contribution in [1.82, 2.24) is 0 Å². The smallest absolute Gasteiger partial charge is 0.462 e. The molecule has 0 fully saturated rings. The summed E-state index contributed by atoms with van der Waals surface area (Å²) in [4.78, 5) is 48.5. The Morgan fingerprint density at radius 2 is 0.737 bits per heavy atom. The summed E-state index contributed by atoms with van der Waals surface area (Å²) in [6.07, 6.45) is 69.3. The molecule has 0 aliphatic heterocycles. The van der Waals surface area contributed by atoms with E-state index in [-0.39, 0.29) is 25.9 Å². The third-order valence-electron chi connectivity index (χ3n) is 12.2. The fraction of sp³-hybridized carbons (Fsp3) is 0.672. The van der Waals surface area contributed by atoms with Crippen molar-refractivity contribution in [2.45, 2.75) is 251 Å². The molecule has 0 heterocycles. The number of esters is 3. The third kappa shape index (κ3) is 54.9. The van der Waals surface area contributed by atoms with Gasteiger partial charge < -0.3 is 24.2 Å². The van der Waals surface area contributed by atoms with Gasteiger partial charge in [-0.1, -0.05) is 220 Å². The van der Waals surface area contributed by atoms with Crippen molar-refractivity contribution in [3.63, 3.8) is 0 Å². The van der Waals surface area contributed by atoms with Crippen LogP contribution in [-0.4, -0.2) is 66.5 Å². The molecule has 434 valence electrons. The Balaban J connectivity index is 4.82. The van der Waals surface area contributed by atoms with E-state index in [9.17, 15) is 28.9 Å². The van der Waals surface area contributed by atoms with Crippen molar-refractivity contribution < 1.29 is 52.2 Å². The highest BCUT2D eigenvalue weighted by Gasteiger charge is 2.28. The summed E-state index contributed by atoms with van der Waals surface area (Å²) < 4.78 is 39.4. The van der Waals surface area contributed by atoms with E-state index in [1.54, 1.807) is 6.08 Å². The number of carbonyl (C=O) groups is 3. The number of ether oxygens (including phenoxy) is 3. The van der Waals surface area contributed by atoms with Gasteiger partial charge in [0.15, 0.2) is 6.10 Å². The highest BCUT2D eigenvalue weighted by molar-refractivity contribution is 7.47. The molecule has 0 saturated heterocycles. The number of hydrogen-bond donors (Lipinski definition) is 2. The number of rotatable bonds is 54. The van der Waals surface area contributed by atoms with E-state index in [0.29, 0.717) is 19.3 Å². The topological polar surface area (TPSA) is 155 Å². The van der Waals surface area contributed by atoms with Gasteiger partial charge in [-0.15, -0.1) is 0 Å². The van der Waals surface area contributed by atoms with Crippen LogP contribution in [0, 0.1) is 0 Å². The van der Waals surface area contributed by atoms with Gasteiger partial charge in [-0.3, -0.25) is 23.4 Å². The molecule has 11 nitrogen and oxygen atoms in total. The Morgan fingerprint density at radius 3 is 1.16 bits per heavy atom. The molecule has 0 radical (unpaired) electrons. The minimum Gasteiger partial charge on any atom is -0.462 e. The lowest BCUT2D eigenvalue weighted by Gasteiger charge is -2.21. The number of aliphatic hydroxyl groups excluding tert-OH is 1. The van der Waals surface area contributed by atoms with E-state index in [2.05, 4.69) is 106 Å². The van der Waals surface area contributed by atoms with Crippen molar-refractivity contribution in [2.24, 2.45) is 0 Å². The van der Waals surface area contributed by atoms with Gasteiger partial charge in [0.2, 0.25) is 0 Å². The number of aliphatic hydroxyl groups is 1. The molecule has 3 unspecified atom stereocenters. The molecular formula is C64H107O11P. The predicted molar refractivity (Wildman–Crippen MR) is 316 cm³/mol. The van der Waals surface area contributed by atoms with Crippen molar-refractivity contribution in [3.05, 3.63) is 109 Å². The fourth-order valence-corrected chi connectivity index (χ4v) is 8.45. The zero-order valence-corrected chi connectivity index (χ0v) is 48.8. The van der Waals surface area contributed by atoms with Crippen molar-refractivity contribution in [3.8, 4) is 0 Å². The van der Waals surface area contributed by atoms with Crippen molar-refractivity contribution >= 4 is 25.7 Å². The zero-order valence-electron chi connectivity index (χ0n) is 47.9. The molecule has 0 spiro atoms. The van der Waals surface area contributed by atoms with Crippen LogP contribution in [0.25, 0.3) is 0 Å². The second-order valence-electron chi connectivity index (χ2n) is 19.4. The molecule has 2 N–H and O–H groups in total. The van der Waals surface area contributed by atoms with Gasteiger partial charge in [0.1, 0.15) is 12.7 Å². The van der Waals surface area contributed by atoms with E-state index >= 15 is 0 Å². The average molecular weight is 1080 g/mol. The summed E-state index contributed by atoms with van der Waals surface area (Å²) in [5.74, 6) is -1.64. The second kappa shape index (κ2) is 57.3. The molecular weight excluding hydrogens is 976 g/mol. The van der Waals surface area contributed by atoms with Crippen molar-refractivity contribution in [1.29, 1.82) is 0 Å². The number of phosphoric ester groups is 1. The van der Waals surface area contributed by atoms with Crippen LogP contribution in [0.3, 0.4) is 0 Å². The van der Waals surface area contributed by atoms with Gasteiger partial charge in [-0.05, 0) is 109 Å². The number of phosphoric acid groups is 1. The highest BCUT2D eigenvalue weighted by Crippen LogP contribution is 2.43. The van der Waals surface area contributed by atoms with Gasteiger partial charge in [0.05, 0.1) is 26.2 Å². The summed E-state index contributed by atoms with van der Waals surface area (Å²) >= 11 is 0. The maximum Gasteiger partial charge on any atom is 0.472 e. The van der Waals surface area contributed by atoms with Gasteiger partial charge in [0.25, 0.3) is 0 Å². The van der Waals surface area contributed by atoms with E-state index in [1.165, 1.54) is 77.0 Å². The van der Waals surface area contributed by atoms with Crippen LogP contribution in [0.1, 0.15) is 239 Å². The number of unbranched alkanes of at least 4 members (excludes halogenated alkanes) is 20. The molecule has 0 bridgehead atoms. The van der Waals surface area contributed by atoms with Crippen LogP contribution in [-0.2, 0) is 42.2 Å². The maximum absolute atomic E-state index is 12.9. The number of hydrogen-bond acceptors (Lipinski definition) is 10. The minimum atomic E-state index is -4.78. The summed E-state index contributed by atoms with van der Waals surface area (Å²) in [6, 6.07) is 0. The lowest BCUT2D eigenvalue weighted by Crippen LogP contribution is -2.30. The summed E-state index contributed by atoms with van der Waals surface area (Å²) in [5.41, 5.74) is 0. The van der Waals surface area contributed by atoms with Gasteiger partial charge >= 0.3 is 25.7 Å². The highest BCUT2D eigenvalue weighted by atomic mass is 31.2. The van der Waals surface area contributed by atoms with E-state index in [0.717, 1.165) is 103 Å². The van der Waals surface area contributed by atoms with Crippen LogP contribution >= 0.6 is 7.82 Å². The minimum absolute atomic E-state index is 0.0708.